The summed E-state index contributed by atoms with van der Waals surface area (Å²) < 4.78 is 4.92. The van der Waals surface area contributed by atoms with Crippen LogP contribution in [0.25, 0.3) is 22.4 Å². The Morgan fingerprint density at radius 3 is 2.71 bits per heavy atom. The second kappa shape index (κ2) is 7.21. The van der Waals surface area contributed by atoms with Crippen LogP contribution < -0.4 is 5.32 Å². The first-order valence-corrected chi connectivity index (χ1v) is 8.07. The second-order valence-electron chi connectivity index (χ2n) is 5.16. The van der Waals surface area contributed by atoms with Crippen molar-refractivity contribution in [3.8, 4) is 11.4 Å². The first kappa shape index (κ1) is 16.8. The van der Waals surface area contributed by atoms with Gasteiger partial charge in [0.2, 0.25) is 0 Å². The molecule has 3 aromatic rings. The monoisotopic (exact) mass is 363 g/mol. The molecule has 0 bridgehead atoms. The smallest absolute Gasteiger partial charge is 0.251 e. The maximum absolute atomic E-state index is 12.1. The lowest BCUT2D eigenvalue weighted by Gasteiger charge is -2.04. The van der Waals surface area contributed by atoms with Crippen molar-refractivity contribution in [3.63, 3.8) is 0 Å². The number of amides is 1. The summed E-state index contributed by atoms with van der Waals surface area (Å²) in [6.07, 6.45) is 0. The molecular formula is C17H15Cl2N3O2. The Labute approximate surface area is 148 Å². The molecule has 1 heterocycles. The molecule has 24 heavy (non-hydrogen) atoms. The molecule has 0 saturated heterocycles. The van der Waals surface area contributed by atoms with Crippen molar-refractivity contribution < 1.29 is 9.53 Å². The molecule has 0 atom stereocenters. The van der Waals surface area contributed by atoms with Crippen molar-refractivity contribution in [2.24, 2.45) is 0 Å². The number of nitrogens with one attached hydrogen (secondary N) is 2. The van der Waals surface area contributed by atoms with E-state index in [0.717, 1.165) is 11.0 Å². The number of rotatable bonds is 5. The van der Waals surface area contributed by atoms with Gasteiger partial charge in [0, 0.05) is 19.2 Å². The number of fused-ring (bicyclic) bond motifs is 1. The fourth-order valence-corrected chi connectivity index (χ4v) is 2.94. The predicted molar refractivity (Wildman–Crippen MR) is 95.8 cm³/mol. The van der Waals surface area contributed by atoms with Crippen LogP contribution in [0.5, 0.6) is 0 Å². The van der Waals surface area contributed by atoms with E-state index >= 15 is 0 Å². The van der Waals surface area contributed by atoms with Crippen LogP contribution in [-0.4, -0.2) is 36.1 Å². The highest BCUT2D eigenvalue weighted by molar-refractivity contribution is 6.39. The quantitative estimate of drug-likeness (QED) is 0.675. The van der Waals surface area contributed by atoms with Crippen LogP contribution in [0.2, 0.25) is 10.0 Å². The van der Waals surface area contributed by atoms with Crippen molar-refractivity contribution >= 4 is 40.1 Å². The average Bonchev–Trinajstić information content (AvgIpc) is 2.97. The number of benzene rings is 2. The number of methoxy groups -OCH3 is 1. The zero-order chi connectivity index (χ0) is 17.1. The number of hydrogen-bond donors (Lipinski definition) is 2. The zero-order valence-corrected chi connectivity index (χ0v) is 14.4. The fraction of sp³-hybridized carbons (Fsp3) is 0.176. The van der Waals surface area contributed by atoms with E-state index in [1.807, 2.05) is 0 Å². The molecule has 0 unspecified atom stereocenters. The number of ether oxygens (including phenoxy) is 1. The van der Waals surface area contributed by atoms with E-state index in [1.165, 1.54) is 0 Å². The van der Waals surface area contributed by atoms with Crippen LogP contribution in [0.3, 0.4) is 0 Å². The van der Waals surface area contributed by atoms with Gasteiger partial charge in [-0.15, -0.1) is 0 Å². The molecule has 7 heteroatoms. The molecule has 0 radical (unpaired) electrons. The van der Waals surface area contributed by atoms with Gasteiger partial charge in [-0.1, -0.05) is 29.3 Å². The molecule has 0 aliphatic heterocycles. The summed E-state index contributed by atoms with van der Waals surface area (Å²) >= 11 is 12.4. The number of carbonyl (C=O) groups is 1. The van der Waals surface area contributed by atoms with Crippen molar-refractivity contribution in [1.82, 2.24) is 15.3 Å². The summed E-state index contributed by atoms with van der Waals surface area (Å²) in [5.41, 5.74) is 2.65. The molecule has 1 amide bonds. The summed E-state index contributed by atoms with van der Waals surface area (Å²) in [6, 6.07) is 10.5. The van der Waals surface area contributed by atoms with Gasteiger partial charge in [-0.25, -0.2) is 4.98 Å². The van der Waals surface area contributed by atoms with Crippen molar-refractivity contribution in [2.75, 3.05) is 20.3 Å². The van der Waals surface area contributed by atoms with Gasteiger partial charge in [0.25, 0.3) is 5.91 Å². The predicted octanol–water partition coefficient (Wildman–Crippen LogP) is 3.91. The molecule has 0 aliphatic carbocycles. The largest absolute Gasteiger partial charge is 0.383 e. The van der Waals surface area contributed by atoms with Crippen LogP contribution in [0.1, 0.15) is 10.4 Å². The Balaban J connectivity index is 1.93. The molecule has 0 saturated carbocycles. The number of carbonyl (C=O) groups excluding carboxylic acids is 1. The van der Waals surface area contributed by atoms with Crippen molar-refractivity contribution in [1.29, 1.82) is 0 Å². The number of aromatic nitrogens is 2. The van der Waals surface area contributed by atoms with Crippen LogP contribution in [-0.2, 0) is 4.74 Å². The van der Waals surface area contributed by atoms with Crippen LogP contribution in [0.15, 0.2) is 36.4 Å². The highest BCUT2D eigenvalue weighted by Crippen LogP contribution is 2.33. The normalized spacial score (nSPS) is 11.0. The molecule has 5 nitrogen and oxygen atoms in total. The number of halogens is 2. The molecule has 124 valence electrons. The summed E-state index contributed by atoms with van der Waals surface area (Å²) in [7, 11) is 1.59. The van der Waals surface area contributed by atoms with Gasteiger partial charge in [-0.3, -0.25) is 4.79 Å². The Morgan fingerprint density at radius 2 is 2.00 bits per heavy atom. The Bertz CT molecular complexity index is 872. The number of hydrogen-bond acceptors (Lipinski definition) is 3. The fourth-order valence-electron chi connectivity index (χ4n) is 2.36. The molecule has 2 N–H and O–H groups in total. The Kier molecular flexibility index (Phi) is 5.04. The highest BCUT2D eigenvalue weighted by Gasteiger charge is 2.14. The second-order valence-corrected chi connectivity index (χ2v) is 5.98. The third-order valence-electron chi connectivity index (χ3n) is 3.54. The van der Waals surface area contributed by atoms with Gasteiger partial charge in [0.1, 0.15) is 5.82 Å². The van der Waals surface area contributed by atoms with E-state index in [4.69, 9.17) is 27.9 Å². The topological polar surface area (TPSA) is 67.0 Å². The lowest BCUT2D eigenvalue weighted by atomic mass is 10.2. The number of imidazole rings is 1. The number of H-pyrrole nitrogens is 1. The van der Waals surface area contributed by atoms with Gasteiger partial charge in [0.05, 0.1) is 33.2 Å². The lowest BCUT2D eigenvalue weighted by Crippen LogP contribution is -2.26. The first-order chi connectivity index (χ1) is 11.6. The minimum atomic E-state index is -0.166. The molecule has 0 spiro atoms. The van der Waals surface area contributed by atoms with Gasteiger partial charge >= 0.3 is 0 Å². The van der Waals surface area contributed by atoms with E-state index in [-0.39, 0.29) is 5.91 Å². The Morgan fingerprint density at radius 1 is 1.25 bits per heavy atom. The summed E-state index contributed by atoms with van der Waals surface area (Å²) in [4.78, 5) is 19.8. The number of aromatic amines is 1. The third kappa shape index (κ3) is 3.38. The minimum Gasteiger partial charge on any atom is -0.383 e. The molecule has 0 fully saturated rings. The van der Waals surface area contributed by atoms with Gasteiger partial charge < -0.3 is 15.0 Å². The minimum absolute atomic E-state index is 0.166. The maximum atomic E-state index is 12.1. The van der Waals surface area contributed by atoms with Crippen molar-refractivity contribution in [3.05, 3.63) is 52.0 Å². The SMILES string of the molecule is COCCNC(=O)c1ccc2nc(-c3c(Cl)cccc3Cl)[nH]c2c1. The van der Waals surface area contributed by atoms with E-state index < -0.39 is 0 Å². The van der Waals surface area contributed by atoms with E-state index in [9.17, 15) is 4.79 Å². The Hall–Kier alpha value is -2.08. The average molecular weight is 364 g/mol. The molecule has 1 aromatic heterocycles. The van der Waals surface area contributed by atoms with Crippen molar-refractivity contribution in [2.45, 2.75) is 0 Å². The van der Waals surface area contributed by atoms with E-state index in [1.54, 1.807) is 43.5 Å². The van der Waals surface area contributed by atoms with Gasteiger partial charge in [0.15, 0.2) is 0 Å². The van der Waals surface area contributed by atoms with Crippen LogP contribution in [0, 0.1) is 0 Å². The molecule has 2 aromatic carbocycles. The number of nitrogens with zero attached hydrogens (tertiary/aromatic N) is 1. The van der Waals surface area contributed by atoms with E-state index in [2.05, 4.69) is 15.3 Å². The lowest BCUT2D eigenvalue weighted by molar-refractivity contribution is 0.0937. The summed E-state index contributed by atoms with van der Waals surface area (Å²) in [5, 5.41) is 3.81. The van der Waals surface area contributed by atoms with Crippen LogP contribution in [0.4, 0.5) is 0 Å². The van der Waals surface area contributed by atoms with Crippen LogP contribution >= 0.6 is 23.2 Å². The summed E-state index contributed by atoms with van der Waals surface area (Å²) in [5.74, 6) is 0.401. The zero-order valence-electron chi connectivity index (χ0n) is 12.9. The van der Waals surface area contributed by atoms with Gasteiger partial charge in [-0.2, -0.15) is 0 Å². The highest BCUT2D eigenvalue weighted by atomic mass is 35.5. The molecule has 0 aliphatic rings. The maximum Gasteiger partial charge on any atom is 0.251 e. The third-order valence-corrected chi connectivity index (χ3v) is 4.17. The van der Waals surface area contributed by atoms with E-state index in [0.29, 0.717) is 40.1 Å². The molecular weight excluding hydrogens is 349 g/mol. The van der Waals surface area contributed by atoms with Gasteiger partial charge in [-0.05, 0) is 30.3 Å². The summed E-state index contributed by atoms with van der Waals surface area (Å²) in [6.45, 7) is 0.921. The first-order valence-electron chi connectivity index (χ1n) is 7.31. The standard InChI is InChI=1S/C17H15Cl2N3O2/c1-24-8-7-20-17(23)10-5-6-13-14(9-10)22-16(21-13)15-11(18)3-2-4-12(15)19/h2-6,9H,7-8H2,1H3,(H,20,23)(H,21,22). The molecule has 3 rings (SSSR count).